The fourth-order valence-electron chi connectivity index (χ4n) is 3.40. The average Bonchev–Trinajstić information content (AvgIpc) is 2.66. The van der Waals surface area contributed by atoms with Crippen molar-refractivity contribution < 1.29 is 9.59 Å². The number of benzene rings is 2. The molecule has 3 aromatic rings. The monoisotopic (exact) mass is 392 g/mol. The molecule has 0 unspecified atom stereocenters. The molecule has 0 aliphatic rings. The molecular formula is C22H24N4O3. The smallest absolute Gasteiger partial charge is 0.261 e. The van der Waals surface area contributed by atoms with Crippen LogP contribution in [0.25, 0.3) is 10.9 Å². The highest BCUT2D eigenvalue weighted by molar-refractivity contribution is 5.95. The second-order valence-electron chi connectivity index (χ2n) is 7.17. The second kappa shape index (κ2) is 8.26. The predicted octanol–water partition coefficient (Wildman–Crippen LogP) is 2.39. The lowest BCUT2D eigenvalue weighted by Crippen LogP contribution is -2.38. The molecule has 0 aliphatic carbocycles. The number of nitrogens with zero attached hydrogens (tertiary/aromatic N) is 2. The highest BCUT2D eigenvalue weighted by Crippen LogP contribution is 2.21. The first-order chi connectivity index (χ1) is 13.8. The van der Waals surface area contributed by atoms with Crippen LogP contribution < -0.4 is 16.2 Å². The zero-order valence-corrected chi connectivity index (χ0v) is 17.0. The van der Waals surface area contributed by atoms with E-state index in [9.17, 15) is 14.4 Å². The molecule has 7 heteroatoms. The van der Waals surface area contributed by atoms with E-state index in [0.29, 0.717) is 16.7 Å². The first-order valence-electron chi connectivity index (χ1n) is 9.37. The van der Waals surface area contributed by atoms with Crippen LogP contribution in [-0.2, 0) is 16.1 Å². The number of carbonyl (C=O) groups is 2. The summed E-state index contributed by atoms with van der Waals surface area (Å²) >= 11 is 0. The molecule has 1 heterocycles. The van der Waals surface area contributed by atoms with Crippen LogP contribution in [0.4, 0.5) is 5.69 Å². The van der Waals surface area contributed by atoms with Crippen LogP contribution in [0.2, 0.25) is 0 Å². The maximum atomic E-state index is 12.6. The van der Waals surface area contributed by atoms with Crippen LogP contribution in [0.3, 0.4) is 0 Å². The Kier molecular flexibility index (Phi) is 5.77. The summed E-state index contributed by atoms with van der Waals surface area (Å²) in [6.07, 6.45) is 0. The highest BCUT2D eigenvalue weighted by Gasteiger charge is 2.13. The van der Waals surface area contributed by atoms with E-state index in [-0.39, 0.29) is 24.6 Å². The van der Waals surface area contributed by atoms with Crippen LogP contribution in [-0.4, -0.2) is 27.9 Å². The van der Waals surface area contributed by atoms with Gasteiger partial charge in [0, 0.05) is 5.69 Å². The standard InChI is InChI=1S/C22H24N4O3/c1-13-9-14(2)21(15(3)10-13)25-19(27)11-23-20(28)12-26-16(4)24-18-8-6-5-7-17(18)22(26)29/h5-10H,11-12H2,1-4H3,(H,23,28)(H,25,27). The van der Waals surface area contributed by atoms with Gasteiger partial charge in [0.05, 0.1) is 17.4 Å². The number of aryl methyl sites for hydroxylation is 4. The molecule has 150 valence electrons. The molecule has 2 amide bonds. The van der Waals surface area contributed by atoms with Gasteiger partial charge in [-0.25, -0.2) is 4.98 Å². The average molecular weight is 392 g/mol. The summed E-state index contributed by atoms with van der Waals surface area (Å²) in [6.45, 7) is 7.15. The minimum Gasteiger partial charge on any atom is -0.345 e. The molecule has 0 spiro atoms. The summed E-state index contributed by atoms with van der Waals surface area (Å²) < 4.78 is 1.31. The second-order valence-corrected chi connectivity index (χ2v) is 7.17. The van der Waals surface area contributed by atoms with E-state index in [1.165, 1.54) is 4.57 Å². The van der Waals surface area contributed by atoms with Crippen molar-refractivity contribution in [3.05, 3.63) is 69.3 Å². The number of nitrogens with one attached hydrogen (secondary N) is 2. The first-order valence-corrected chi connectivity index (χ1v) is 9.37. The summed E-state index contributed by atoms with van der Waals surface area (Å²) in [5.74, 6) is -0.312. The molecule has 2 N–H and O–H groups in total. The third-order valence-electron chi connectivity index (χ3n) is 4.74. The van der Waals surface area contributed by atoms with Crippen LogP contribution in [0, 0.1) is 27.7 Å². The van der Waals surface area contributed by atoms with E-state index in [4.69, 9.17) is 0 Å². The lowest BCUT2D eigenvalue weighted by Gasteiger charge is -2.14. The SMILES string of the molecule is Cc1cc(C)c(NC(=O)CNC(=O)Cn2c(C)nc3ccccc3c2=O)c(C)c1. The zero-order chi connectivity index (χ0) is 21.1. The molecular weight excluding hydrogens is 368 g/mol. The largest absolute Gasteiger partial charge is 0.345 e. The molecule has 7 nitrogen and oxygen atoms in total. The maximum Gasteiger partial charge on any atom is 0.261 e. The fraction of sp³-hybridized carbons (Fsp3) is 0.273. The van der Waals surface area contributed by atoms with E-state index in [0.717, 1.165) is 22.4 Å². The molecule has 1 aromatic heterocycles. The number of hydrogen-bond donors (Lipinski definition) is 2. The summed E-state index contributed by atoms with van der Waals surface area (Å²) in [4.78, 5) is 41.6. The quantitative estimate of drug-likeness (QED) is 0.697. The third kappa shape index (κ3) is 4.51. The molecule has 0 aliphatic heterocycles. The maximum absolute atomic E-state index is 12.6. The van der Waals surface area contributed by atoms with Gasteiger partial charge in [0.1, 0.15) is 12.4 Å². The van der Waals surface area contributed by atoms with Gasteiger partial charge in [0.15, 0.2) is 0 Å². The number of hydrogen-bond acceptors (Lipinski definition) is 4. The van der Waals surface area contributed by atoms with E-state index in [1.807, 2.05) is 32.9 Å². The zero-order valence-electron chi connectivity index (χ0n) is 17.0. The minimum atomic E-state index is -0.431. The fourth-order valence-corrected chi connectivity index (χ4v) is 3.40. The Labute approximate surface area is 168 Å². The number of aromatic nitrogens is 2. The van der Waals surface area contributed by atoms with Crippen molar-refractivity contribution in [2.45, 2.75) is 34.2 Å². The Morgan fingerprint density at radius 3 is 2.34 bits per heavy atom. The van der Waals surface area contributed by atoms with Gasteiger partial charge in [-0.3, -0.25) is 19.0 Å². The number of carbonyl (C=O) groups excluding carboxylic acids is 2. The van der Waals surface area contributed by atoms with E-state index in [1.54, 1.807) is 31.2 Å². The first kappa shape index (κ1) is 20.3. The summed E-state index contributed by atoms with van der Waals surface area (Å²) in [7, 11) is 0. The molecule has 2 aromatic carbocycles. The molecule has 0 bridgehead atoms. The van der Waals surface area contributed by atoms with E-state index < -0.39 is 5.91 Å². The molecule has 0 fully saturated rings. The summed E-state index contributed by atoms with van der Waals surface area (Å²) in [5, 5.41) is 5.86. The topological polar surface area (TPSA) is 93.1 Å². The molecule has 0 radical (unpaired) electrons. The lowest BCUT2D eigenvalue weighted by molar-refractivity contribution is -0.124. The van der Waals surface area contributed by atoms with E-state index >= 15 is 0 Å². The molecule has 0 saturated carbocycles. The molecule has 0 saturated heterocycles. The van der Waals surface area contributed by atoms with Gasteiger partial charge in [-0.2, -0.15) is 0 Å². The van der Waals surface area contributed by atoms with Crippen molar-refractivity contribution in [3.63, 3.8) is 0 Å². The number of rotatable bonds is 5. The van der Waals surface area contributed by atoms with Crippen molar-refractivity contribution in [2.75, 3.05) is 11.9 Å². The van der Waals surface area contributed by atoms with Crippen molar-refractivity contribution >= 4 is 28.4 Å². The Bertz CT molecular complexity index is 1140. The Morgan fingerprint density at radius 2 is 1.66 bits per heavy atom. The van der Waals surface area contributed by atoms with Crippen LogP contribution in [0.1, 0.15) is 22.5 Å². The van der Waals surface area contributed by atoms with E-state index in [2.05, 4.69) is 15.6 Å². The highest BCUT2D eigenvalue weighted by atomic mass is 16.2. The van der Waals surface area contributed by atoms with Crippen molar-refractivity contribution in [1.29, 1.82) is 0 Å². The normalized spacial score (nSPS) is 10.8. The molecule has 29 heavy (non-hydrogen) atoms. The number of amides is 2. The Hall–Kier alpha value is -3.48. The van der Waals surface area contributed by atoms with Gasteiger partial charge in [0.2, 0.25) is 11.8 Å². The summed E-state index contributed by atoms with van der Waals surface area (Å²) in [5.41, 5.74) is 4.11. The van der Waals surface area contributed by atoms with Gasteiger partial charge < -0.3 is 10.6 Å². The molecule has 0 atom stereocenters. The third-order valence-corrected chi connectivity index (χ3v) is 4.74. The Morgan fingerprint density at radius 1 is 1.00 bits per heavy atom. The van der Waals surface area contributed by atoms with Crippen LogP contribution in [0.15, 0.2) is 41.2 Å². The number of para-hydroxylation sites is 1. The van der Waals surface area contributed by atoms with Gasteiger partial charge >= 0.3 is 0 Å². The Balaban J connectivity index is 1.66. The number of fused-ring (bicyclic) bond motifs is 1. The van der Waals surface area contributed by atoms with Gasteiger partial charge in [-0.05, 0) is 51.0 Å². The predicted molar refractivity (Wildman–Crippen MR) is 113 cm³/mol. The van der Waals surface area contributed by atoms with Crippen molar-refractivity contribution in [1.82, 2.24) is 14.9 Å². The molecule has 3 rings (SSSR count). The van der Waals surface area contributed by atoms with Gasteiger partial charge in [-0.15, -0.1) is 0 Å². The summed E-state index contributed by atoms with van der Waals surface area (Å²) in [6, 6.07) is 11.0. The van der Waals surface area contributed by atoms with Gasteiger partial charge in [0.25, 0.3) is 5.56 Å². The lowest BCUT2D eigenvalue weighted by atomic mass is 10.1. The van der Waals surface area contributed by atoms with Crippen LogP contribution in [0.5, 0.6) is 0 Å². The van der Waals surface area contributed by atoms with Crippen molar-refractivity contribution in [3.8, 4) is 0 Å². The van der Waals surface area contributed by atoms with Crippen molar-refractivity contribution in [2.24, 2.45) is 0 Å². The van der Waals surface area contributed by atoms with Crippen LogP contribution >= 0.6 is 0 Å². The van der Waals surface area contributed by atoms with Gasteiger partial charge in [-0.1, -0.05) is 29.8 Å². The minimum absolute atomic E-state index is 0.180. The number of anilines is 1.